The summed E-state index contributed by atoms with van der Waals surface area (Å²) in [7, 11) is 0. The van der Waals surface area contributed by atoms with Crippen LogP contribution in [0.2, 0.25) is 0 Å². The normalized spacial score (nSPS) is 40.0. The molecule has 1 saturated heterocycles. The Bertz CT molecular complexity index is 536. The summed E-state index contributed by atoms with van der Waals surface area (Å²) < 4.78 is 5.48. The molecule has 3 aliphatic rings. The summed E-state index contributed by atoms with van der Waals surface area (Å²) in [4.78, 5) is 24.2. The highest BCUT2D eigenvalue weighted by molar-refractivity contribution is 5.84. The Labute approximate surface area is 125 Å². The molecule has 1 amide bonds. The van der Waals surface area contributed by atoms with E-state index >= 15 is 0 Å². The van der Waals surface area contributed by atoms with Gasteiger partial charge in [-0.05, 0) is 25.2 Å². The van der Waals surface area contributed by atoms with E-state index in [0.717, 1.165) is 12.8 Å². The molecule has 0 aromatic rings. The largest absolute Gasteiger partial charge is 0.460 e. The monoisotopic (exact) mass is 290 g/mol. The fourth-order valence-corrected chi connectivity index (χ4v) is 4.18. The van der Waals surface area contributed by atoms with Crippen LogP contribution in [0.25, 0.3) is 0 Å². The third-order valence-electron chi connectivity index (χ3n) is 6.00. The molecule has 2 aliphatic carbocycles. The van der Waals surface area contributed by atoms with Crippen molar-refractivity contribution in [1.29, 1.82) is 5.26 Å². The molecule has 0 radical (unpaired) electrons. The average Bonchev–Trinajstić information content (AvgIpc) is 3.04. The number of esters is 1. The van der Waals surface area contributed by atoms with Crippen LogP contribution in [0.4, 0.5) is 0 Å². The molecule has 0 spiro atoms. The van der Waals surface area contributed by atoms with Crippen molar-refractivity contribution in [3.63, 3.8) is 0 Å². The van der Waals surface area contributed by atoms with Gasteiger partial charge >= 0.3 is 5.97 Å². The zero-order valence-electron chi connectivity index (χ0n) is 12.8. The Balaban J connectivity index is 1.68. The zero-order valence-corrected chi connectivity index (χ0v) is 12.8. The molecule has 2 saturated carbocycles. The number of carbonyl (C=O) groups excluding carboxylic acids is 2. The van der Waals surface area contributed by atoms with E-state index in [1.807, 2.05) is 20.8 Å². The maximum absolute atomic E-state index is 12.2. The summed E-state index contributed by atoms with van der Waals surface area (Å²) in [5.74, 6) is 0.214. The number of hydrogen-bond donors (Lipinski definition) is 1. The molecular formula is C16H22N2O3. The van der Waals surface area contributed by atoms with Crippen LogP contribution < -0.4 is 5.32 Å². The highest BCUT2D eigenvalue weighted by Crippen LogP contribution is 2.63. The number of amides is 1. The van der Waals surface area contributed by atoms with E-state index in [4.69, 9.17) is 4.74 Å². The van der Waals surface area contributed by atoms with Crippen LogP contribution in [0.5, 0.6) is 0 Å². The molecule has 5 atom stereocenters. The van der Waals surface area contributed by atoms with E-state index in [1.54, 1.807) is 0 Å². The average molecular weight is 290 g/mol. The third kappa shape index (κ3) is 1.81. The van der Waals surface area contributed by atoms with Gasteiger partial charge in [-0.3, -0.25) is 9.59 Å². The van der Waals surface area contributed by atoms with Gasteiger partial charge in [0.2, 0.25) is 5.91 Å². The minimum atomic E-state index is -0.890. The van der Waals surface area contributed by atoms with E-state index < -0.39 is 5.41 Å². The van der Waals surface area contributed by atoms with E-state index in [9.17, 15) is 14.9 Å². The number of carbonyl (C=O) groups is 2. The summed E-state index contributed by atoms with van der Waals surface area (Å²) in [5, 5.41) is 12.4. The molecule has 3 fully saturated rings. The number of nitrogens with one attached hydrogen (secondary N) is 1. The first-order valence-corrected chi connectivity index (χ1v) is 7.76. The second kappa shape index (κ2) is 4.46. The van der Waals surface area contributed by atoms with Gasteiger partial charge < -0.3 is 10.1 Å². The van der Waals surface area contributed by atoms with Crippen molar-refractivity contribution in [2.75, 3.05) is 6.54 Å². The van der Waals surface area contributed by atoms with Crippen LogP contribution in [-0.2, 0) is 14.3 Å². The summed E-state index contributed by atoms with van der Waals surface area (Å²) >= 11 is 0. The lowest BCUT2D eigenvalue weighted by Gasteiger charge is -2.29. The first kappa shape index (κ1) is 14.4. The Morgan fingerprint density at radius 3 is 2.90 bits per heavy atom. The lowest BCUT2D eigenvalue weighted by Crippen LogP contribution is -2.43. The van der Waals surface area contributed by atoms with Crippen LogP contribution in [0, 0.1) is 39.9 Å². The molecular weight excluding hydrogens is 268 g/mol. The molecule has 5 unspecified atom stereocenters. The fourth-order valence-electron chi connectivity index (χ4n) is 4.18. The molecule has 0 aromatic carbocycles. The molecule has 1 aliphatic heterocycles. The highest BCUT2D eigenvalue weighted by Gasteiger charge is 2.70. The van der Waals surface area contributed by atoms with E-state index in [2.05, 4.69) is 11.4 Å². The van der Waals surface area contributed by atoms with Crippen LogP contribution in [0.1, 0.15) is 40.0 Å². The first-order chi connectivity index (χ1) is 9.85. The predicted octanol–water partition coefficient (Wildman–Crippen LogP) is 1.63. The minimum Gasteiger partial charge on any atom is -0.460 e. The van der Waals surface area contributed by atoms with E-state index in [0.29, 0.717) is 18.9 Å². The Hall–Kier alpha value is -1.57. The summed E-state index contributed by atoms with van der Waals surface area (Å²) in [6.07, 6.45) is 2.08. The second-order valence-corrected chi connectivity index (χ2v) is 7.37. The molecule has 0 aromatic heterocycles. The number of hydrogen-bond acceptors (Lipinski definition) is 4. The van der Waals surface area contributed by atoms with Crippen molar-refractivity contribution in [2.45, 2.75) is 46.1 Å². The van der Waals surface area contributed by atoms with Crippen molar-refractivity contribution < 1.29 is 14.3 Å². The van der Waals surface area contributed by atoms with Crippen LogP contribution in [0.15, 0.2) is 0 Å². The third-order valence-corrected chi connectivity index (χ3v) is 6.00. The maximum Gasteiger partial charge on any atom is 0.327 e. The second-order valence-electron chi connectivity index (χ2n) is 7.37. The minimum absolute atomic E-state index is 0.0288. The molecule has 21 heavy (non-hydrogen) atoms. The quantitative estimate of drug-likeness (QED) is 0.798. The van der Waals surface area contributed by atoms with Gasteiger partial charge in [0.05, 0.1) is 6.07 Å². The zero-order chi connectivity index (χ0) is 15.4. The summed E-state index contributed by atoms with van der Waals surface area (Å²) in [6, 6.07) is 2.21. The molecule has 1 heterocycles. The van der Waals surface area contributed by atoms with Crippen LogP contribution in [0.3, 0.4) is 0 Å². The van der Waals surface area contributed by atoms with E-state index in [-0.39, 0.29) is 35.2 Å². The Kier molecular flexibility index (Phi) is 3.05. The number of nitrogens with zero attached hydrogens (tertiary/aromatic N) is 1. The van der Waals surface area contributed by atoms with Gasteiger partial charge in [-0.2, -0.15) is 5.26 Å². The number of ether oxygens (including phenoxy) is 1. The van der Waals surface area contributed by atoms with Crippen molar-refractivity contribution in [1.82, 2.24) is 5.32 Å². The van der Waals surface area contributed by atoms with Gasteiger partial charge in [-0.1, -0.05) is 20.8 Å². The summed E-state index contributed by atoms with van der Waals surface area (Å²) in [5.41, 5.74) is -1.26. The molecule has 5 nitrogen and oxygen atoms in total. The highest BCUT2D eigenvalue weighted by atomic mass is 16.6. The Morgan fingerprint density at radius 2 is 2.29 bits per heavy atom. The van der Waals surface area contributed by atoms with Gasteiger partial charge in [0.15, 0.2) is 5.41 Å². The van der Waals surface area contributed by atoms with Gasteiger partial charge in [0.1, 0.15) is 6.10 Å². The molecule has 1 N–H and O–H groups in total. The van der Waals surface area contributed by atoms with Gasteiger partial charge in [-0.25, -0.2) is 0 Å². The first-order valence-electron chi connectivity index (χ1n) is 7.76. The fraction of sp³-hybridized carbons (Fsp3) is 0.812. The lowest BCUT2D eigenvalue weighted by molar-refractivity contribution is -0.146. The lowest BCUT2D eigenvalue weighted by atomic mass is 9.72. The molecule has 114 valence electrons. The topological polar surface area (TPSA) is 79.2 Å². The summed E-state index contributed by atoms with van der Waals surface area (Å²) in [6.45, 7) is 6.40. The van der Waals surface area contributed by atoms with Gasteiger partial charge in [-0.15, -0.1) is 0 Å². The molecule has 3 rings (SSSR count). The Morgan fingerprint density at radius 1 is 1.57 bits per heavy atom. The predicted molar refractivity (Wildman–Crippen MR) is 74.7 cm³/mol. The van der Waals surface area contributed by atoms with Crippen LogP contribution in [-0.4, -0.2) is 24.5 Å². The van der Waals surface area contributed by atoms with Crippen molar-refractivity contribution in [3.8, 4) is 6.07 Å². The van der Waals surface area contributed by atoms with Crippen molar-refractivity contribution in [3.05, 3.63) is 0 Å². The maximum atomic E-state index is 12.2. The number of rotatable bonds is 4. The van der Waals surface area contributed by atoms with Crippen molar-refractivity contribution >= 4 is 11.9 Å². The number of nitriles is 1. The van der Waals surface area contributed by atoms with Gasteiger partial charge in [0.25, 0.3) is 0 Å². The standard InChI is InChI=1S/C16H22N2O3/c1-4-15(2,3)13(19)18-7-10-9-5-11-12(10)21-14(20)16(11,6-9)8-17/h9-12H,4-7H2,1-3H3,(H,18,19). The molecule has 2 bridgehead atoms. The van der Waals surface area contributed by atoms with Gasteiger partial charge in [0, 0.05) is 23.8 Å². The SMILES string of the molecule is CCC(C)(C)C(=O)NCC1C2CC3C1OC(=O)C3(C#N)C2. The van der Waals surface area contributed by atoms with Crippen molar-refractivity contribution in [2.24, 2.45) is 28.6 Å². The number of fused-ring (bicyclic) bond motifs is 1. The van der Waals surface area contributed by atoms with E-state index in [1.165, 1.54) is 0 Å². The van der Waals surface area contributed by atoms with Crippen LogP contribution >= 0.6 is 0 Å². The smallest absolute Gasteiger partial charge is 0.327 e. The molecule has 5 heteroatoms.